The van der Waals surface area contributed by atoms with Crippen LogP contribution in [0.5, 0.6) is 5.75 Å². The van der Waals surface area contributed by atoms with Crippen molar-refractivity contribution in [1.82, 2.24) is 4.90 Å². The van der Waals surface area contributed by atoms with Crippen LogP contribution in [-0.4, -0.2) is 55.5 Å². The predicted molar refractivity (Wildman–Crippen MR) is 126 cm³/mol. The van der Waals surface area contributed by atoms with Crippen LogP contribution in [0.2, 0.25) is 0 Å². The van der Waals surface area contributed by atoms with Crippen molar-refractivity contribution in [2.24, 2.45) is 0 Å². The number of halogens is 1. The first kappa shape index (κ1) is 23.9. The Labute approximate surface area is 199 Å². The van der Waals surface area contributed by atoms with Crippen molar-refractivity contribution in [1.29, 1.82) is 0 Å². The van der Waals surface area contributed by atoms with Gasteiger partial charge in [0.2, 0.25) is 0 Å². The maximum Gasteiger partial charge on any atom is 0.414 e. The lowest BCUT2D eigenvalue weighted by Crippen LogP contribution is -2.38. The van der Waals surface area contributed by atoms with Crippen LogP contribution in [0.3, 0.4) is 0 Å². The van der Waals surface area contributed by atoms with Gasteiger partial charge in [-0.15, -0.1) is 0 Å². The lowest BCUT2D eigenvalue weighted by molar-refractivity contribution is 0.0258. The number of benzene rings is 2. The molecule has 7 nitrogen and oxygen atoms in total. The molecule has 0 fully saturated rings. The first-order valence-electron chi connectivity index (χ1n) is 11.6. The summed E-state index contributed by atoms with van der Waals surface area (Å²) in [4.78, 5) is 28.7. The number of carbonyl (C=O) groups excluding carboxylic acids is 2. The van der Waals surface area contributed by atoms with Crippen LogP contribution in [0, 0.1) is 5.82 Å². The molecule has 2 aromatic rings. The molecule has 0 spiro atoms. The fourth-order valence-electron chi connectivity index (χ4n) is 4.12. The van der Waals surface area contributed by atoms with E-state index in [2.05, 4.69) is 0 Å². The summed E-state index contributed by atoms with van der Waals surface area (Å²) in [5.74, 6) is 0.352. The van der Waals surface area contributed by atoms with Crippen molar-refractivity contribution < 1.29 is 28.2 Å². The summed E-state index contributed by atoms with van der Waals surface area (Å²) in [6.07, 6.45) is 1.11. The Kier molecular flexibility index (Phi) is 6.95. The van der Waals surface area contributed by atoms with Gasteiger partial charge in [-0.3, -0.25) is 4.90 Å². The lowest BCUT2D eigenvalue weighted by Gasteiger charge is -2.30. The van der Waals surface area contributed by atoms with E-state index >= 15 is 0 Å². The van der Waals surface area contributed by atoms with Gasteiger partial charge in [-0.05, 0) is 74.6 Å². The zero-order valence-corrected chi connectivity index (χ0v) is 19.9. The average molecular weight is 471 g/mol. The quantitative estimate of drug-likeness (QED) is 0.648. The van der Waals surface area contributed by atoms with E-state index in [-0.39, 0.29) is 18.5 Å². The number of amides is 2. The Bertz CT molecular complexity index is 1050. The lowest BCUT2D eigenvalue weighted by atomic mass is 10.0. The molecule has 0 radical (unpaired) electrons. The fourth-order valence-corrected chi connectivity index (χ4v) is 4.12. The highest BCUT2D eigenvalue weighted by Crippen LogP contribution is 2.36. The maximum atomic E-state index is 13.1. The van der Waals surface area contributed by atoms with Gasteiger partial charge in [-0.2, -0.15) is 0 Å². The van der Waals surface area contributed by atoms with Crippen LogP contribution in [0.15, 0.2) is 36.4 Å². The van der Waals surface area contributed by atoms with Crippen LogP contribution in [0.25, 0.3) is 0 Å². The highest BCUT2D eigenvalue weighted by molar-refractivity contribution is 5.90. The molecule has 34 heavy (non-hydrogen) atoms. The van der Waals surface area contributed by atoms with Crippen LogP contribution in [0.1, 0.15) is 37.5 Å². The van der Waals surface area contributed by atoms with Gasteiger partial charge in [0.15, 0.2) is 0 Å². The van der Waals surface area contributed by atoms with E-state index in [1.165, 1.54) is 12.1 Å². The summed E-state index contributed by atoms with van der Waals surface area (Å²) in [5, 5.41) is 0. The maximum absolute atomic E-state index is 13.1. The normalized spacial score (nSPS) is 15.5. The van der Waals surface area contributed by atoms with Gasteiger partial charge in [0.1, 0.15) is 23.8 Å². The number of rotatable bonds is 3. The van der Waals surface area contributed by atoms with E-state index in [0.29, 0.717) is 56.9 Å². The number of anilines is 1. The summed E-state index contributed by atoms with van der Waals surface area (Å²) in [7, 11) is 0. The van der Waals surface area contributed by atoms with Gasteiger partial charge in [-0.25, -0.2) is 14.0 Å². The Morgan fingerprint density at radius 1 is 1.00 bits per heavy atom. The minimum absolute atomic E-state index is 0.201. The number of hydrogen-bond acceptors (Lipinski definition) is 5. The largest absolute Gasteiger partial charge is 0.490 e. The topological polar surface area (TPSA) is 68.3 Å². The summed E-state index contributed by atoms with van der Waals surface area (Å²) < 4.78 is 29.9. The molecule has 0 aliphatic carbocycles. The Morgan fingerprint density at radius 2 is 1.68 bits per heavy atom. The van der Waals surface area contributed by atoms with Gasteiger partial charge >= 0.3 is 12.2 Å². The first-order chi connectivity index (χ1) is 16.2. The average Bonchev–Trinajstić information content (AvgIpc) is 2.99. The van der Waals surface area contributed by atoms with E-state index in [4.69, 9.17) is 14.2 Å². The van der Waals surface area contributed by atoms with Crippen LogP contribution >= 0.6 is 0 Å². The van der Waals surface area contributed by atoms with Crippen LogP contribution in [0.4, 0.5) is 19.7 Å². The van der Waals surface area contributed by atoms with E-state index in [9.17, 15) is 14.0 Å². The second-order valence-corrected chi connectivity index (χ2v) is 9.55. The summed E-state index contributed by atoms with van der Waals surface area (Å²) >= 11 is 0. The molecule has 0 N–H and O–H groups in total. The predicted octanol–water partition coefficient (Wildman–Crippen LogP) is 4.74. The number of hydrogen-bond donors (Lipinski definition) is 0. The number of fused-ring (bicyclic) bond motifs is 2. The third kappa shape index (κ3) is 5.79. The van der Waals surface area contributed by atoms with Crippen molar-refractivity contribution in [2.75, 3.05) is 37.7 Å². The number of ether oxygens (including phenoxy) is 3. The van der Waals surface area contributed by atoms with Crippen molar-refractivity contribution in [3.63, 3.8) is 0 Å². The van der Waals surface area contributed by atoms with E-state index in [1.54, 1.807) is 21.9 Å². The highest BCUT2D eigenvalue weighted by Gasteiger charge is 2.29. The molecule has 8 heteroatoms. The third-order valence-electron chi connectivity index (χ3n) is 5.85. The molecule has 2 aliphatic heterocycles. The summed E-state index contributed by atoms with van der Waals surface area (Å²) in [5.41, 5.74) is 3.23. The minimum atomic E-state index is -0.541. The van der Waals surface area contributed by atoms with Gasteiger partial charge in [-0.1, -0.05) is 12.1 Å². The molecule has 0 saturated heterocycles. The molecule has 2 aliphatic rings. The Balaban J connectivity index is 1.42. The molecule has 0 aromatic heterocycles. The zero-order chi connectivity index (χ0) is 24.3. The van der Waals surface area contributed by atoms with Crippen molar-refractivity contribution in [2.45, 2.75) is 45.6 Å². The van der Waals surface area contributed by atoms with E-state index < -0.39 is 11.7 Å². The SMILES string of the molecule is CC(C)(C)OC(=O)N1CCc2cc3c(cc2CC1)N(C(=O)OCCc1ccc(F)cc1)CCO3. The van der Waals surface area contributed by atoms with Crippen molar-refractivity contribution in [3.05, 3.63) is 58.9 Å². The molecule has 2 heterocycles. The number of carbonyl (C=O) groups is 2. The van der Waals surface area contributed by atoms with E-state index in [1.807, 2.05) is 32.9 Å². The minimum Gasteiger partial charge on any atom is -0.490 e. The zero-order valence-electron chi connectivity index (χ0n) is 19.9. The second-order valence-electron chi connectivity index (χ2n) is 9.55. The summed E-state index contributed by atoms with van der Waals surface area (Å²) in [6, 6.07) is 10.1. The Morgan fingerprint density at radius 3 is 2.35 bits per heavy atom. The van der Waals surface area contributed by atoms with Gasteiger partial charge in [0.25, 0.3) is 0 Å². The van der Waals surface area contributed by atoms with Gasteiger partial charge in [0.05, 0.1) is 18.8 Å². The molecule has 0 atom stereocenters. The molecule has 4 rings (SSSR count). The third-order valence-corrected chi connectivity index (χ3v) is 5.85. The standard InChI is InChI=1S/C26H31FN2O5/c1-26(2,3)34-24(30)28-11-8-19-16-22-23(17-20(19)9-12-28)32-15-13-29(22)25(31)33-14-10-18-4-6-21(27)7-5-18/h4-7,16-17H,8-15H2,1-3H3. The fraction of sp³-hybridized carbons (Fsp3) is 0.462. The summed E-state index contributed by atoms with van der Waals surface area (Å²) in [6.45, 7) is 7.66. The van der Waals surface area contributed by atoms with Crippen LogP contribution < -0.4 is 9.64 Å². The smallest absolute Gasteiger partial charge is 0.414 e. The van der Waals surface area contributed by atoms with Gasteiger partial charge in [0, 0.05) is 19.5 Å². The molecule has 0 unspecified atom stereocenters. The first-order valence-corrected chi connectivity index (χ1v) is 11.6. The van der Waals surface area contributed by atoms with Crippen LogP contribution in [-0.2, 0) is 28.7 Å². The van der Waals surface area contributed by atoms with Crippen molar-refractivity contribution >= 4 is 17.9 Å². The van der Waals surface area contributed by atoms with Crippen molar-refractivity contribution in [3.8, 4) is 5.75 Å². The second kappa shape index (κ2) is 9.91. The molecular formula is C26H31FN2O5. The Hall–Kier alpha value is -3.29. The molecule has 2 aromatic carbocycles. The number of nitrogens with zero attached hydrogens (tertiary/aromatic N) is 2. The molecule has 0 saturated carbocycles. The van der Waals surface area contributed by atoms with Gasteiger partial charge < -0.3 is 19.1 Å². The molecule has 0 bridgehead atoms. The van der Waals surface area contributed by atoms with E-state index in [0.717, 1.165) is 16.7 Å². The molecule has 182 valence electrons. The molecular weight excluding hydrogens is 439 g/mol. The molecule has 2 amide bonds. The highest BCUT2D eigenvalue weighted by atomic mass is 19.1. The monoisotopic (exact) mass is 470 g/mol.